The van der Waals surface area contributed by atoms with Crippen LogP contribution in [-0.4, -0.2) is 31.2 Å². The summed E-state index contributed by atoms with van der Waals surface area (Å²) in [5, 5.41) is 0. The van der Waals surface area contributed by atoms with Gasteiger partial charge in [0.05, 0.1) is 22.9 Å². The van der Waals surface area contributed by atoms with Crippen LogP contribution in [0, 0.1) is 0 Å². The lowest BCUT2D eigenvalue weighted by atomic mass is 10.1. The fraction of sp³-hybridized carbons (Fsp3) is 0.227. The summed E-state index contributed by atoms with van der Waals surface area (Å²) < 4.78 is 1.60. The van der Waals surface area contributed by atoms with Gasteiger partial charge >= 0.3 is 0 Å². The van der Waals surface area contributed by atoms with Gasteiger partial charge in [0.1, 0.15) is 5.82 Å². The van der Waals surface area contributed by atoms with Crippen molar-refractivity contribution in [3.8, 4) is 11.3 Å². The molecule has 0 radical (unpaired) electrons. The minimum absolute atomic E-state index is 0.176. The Labute approximate surface area is 166 Å². The summed E-state index contributed by atoms with van der Waals surface area (Å²) in [6.07, 6.45) is 5.45. The zero-order chi connectivity index (χ0) is 20.0. The first-order valence-corrected chi connectivity index (χ1v) is 9.64. The normalized spacial score (nSPS) is 18.3. The Kier molecular flexibility index (Phi) is 4.08. The van der Waals surface area contributed by atoms with Crippen molar-refractivity contribution >= 4 is 11.8 Å². The van der Waals surface area contributed by atoms with E-state index in [0.717, 1.165) is 18.4 Å². The van der Waals surface area contributed by atoms with Gasteiger partial charge in [-0.25, -0.2) is 4.98 Å². The molecule has 0 spiro atoms. The maximum atomic E-state index is 13.0. The van der Waals surface area contributed by atoms with Crippen LogP contribution < -0.4 is 5.56 Å². The fourth-order valence-corrected chi connectivity index (χ4v) is 4.15. The van der Waals surface area contributed by atoms with Crippen LogP contribution in [0.4, 0.5) is 0 Å². The van der Waals surface area contributed by atoms with Gasteiger partial charge < -0.3 is 0 Å². The fourth-order valence-electron chi connectivity index (χ4n) is 4.15. The Morgan fingerprint density at radius 3 is 2.28 bits per heavy atom. The number of carbonyl (C=O) groups excluding carboxylic acids is 2. The lowest BCUT2D eigenvalue weighted by molar-refractivity contribution is 0.0565. The molecule has 2 aliphatic rings. The number of benzene rings is 1. The van der Waals surface area contributed by atoms with Crippen molar-refractivity contribution in [3.05, 3.63) is 82.2 Å². The largest absolute Gasteiger partial charge is 0.295 e. The van der Waals surface area contributed by atoms with E-state index in [1.807, 2.05) is 0 Å². The highest BCUT2D eigenvalue weighted by atomic mass is 16.2. The van der Waals surface area contributed by atoms with Crippen molar-refractivity contribution in [2.75, 3.05) is 0 Å². The quantitative estimate of drug-likeness (QED) is 0.632. The van der Waals surface area contributed by atoms with Crippen LogP contribution in [0.3, 0.4) is 0 Å². The Morgan fingerprint density at radius 1 is 0.897 bits per heavy atom. The number of rotatable bonds is 2. The molecule has 1 unspecified atom stereocenters. The molecule has 0 fully saturated rings. The Hall–Kier alpha value is -3.61. The number of hydrogen-bond acceptors (Lipinski definition) is 5. The van der Waals surface area contributed by atoms with Crippen LogP contribution in [0.1, 0.15) is 51.8 Å². The molecule has 3 aromatic rings. The van der Waals surface area contributed by atoms with Crippen LogP contribution in [0.5, 0.6) is 0 Å². The summed E-state index contributed by atoms with van der Waals surface area (Å²) >= 11 is 0. The molecule has 1 atom stereocenters. The van der Waals surface area contributed by atoms with Crippen LogP contribution in [0.25, 0.3) is 11.3 Å². The standard InChI is InChI=1S/C22H18N4O3/c27-19-13-17(14-8-10-23-11-9-14)24-20-18(7-3-4-12-25(19)20)26-21(28)15-5-1-2-6-16(15)22(26)29/h1-2,5-6,8-11,13,18H,3-4,7,12H2. The highest BCUT2D eigenvalue weighted by molar-refractivity contribution is 6.21. The monoisotopic (exact) mass is 386 g/mol. The zero-order valence-corrected chi connectivity index (χ0v) is 15.6. The molecule has 5 rings (SSSR count). The van der Waals surface area contributed by atoms with E-state index in [1.54, 1.807) is 53.4 Å². The van der Waals surface area contributed by atoms with Crippen molar-refractivity contribution in [3.63, 3.8) is 0 Å². The summed E-state index contributed by atoms with van der Waals surface area (Å²) in [6, 6.07) is 11.3. The first kappa shape index (κ1) is 17.5. The predicted molar refractivity (Wildman–Crippen MR) is 105 cm³/mol. The molecule has 0 N–H and O–H groups in total. The van der Waals surface area contributed by atoms with E-state index in [4.69, 9.17) is 4.98 Å². The van der Waals surface area contributed by atoms with E-state index < -0.39 is 6.04 Å². The molecule has 0 aliphatic carbocycles. The second-order valence-electron chi connectivity index (χ2n) is 7.26. The summed E-state index contributed by atoms with van der Waals surface area (Å²) in [6.45, 7) is 0.525. The molecule has 4 heterocycles. The van der Waals surface area contributed by atoms with Gasteiger partial charge in [0, 0.05) is 30.6 Å². The predicted octanol–water partition coefficient (Wildman–Crippen LogP) is 2.83. The van der Waals surface area contributed by atoms with Crippen LogP contribution in [0.15, 0.2) is 59.7 Å². The number of hydrogen-bond donors (Lipinski definition) is 0. The molecule has 7 nitrogen and oxygen atoms in total. The third-order valence-corrected chi connectivity index (χ3v) is 5.56. The van der Waals surface area contributed by atoms with Crippen LogP contribution in [-0.2, 0) is 6.54 Å². The Bertz CT molecular complexity index is 1150. The van der Waals surface area contributed by atoms with Crippen LogP contribution >= 0.6 is 0 Å². The van der Waals surface area contributed by atoms with E-state index in [-0.39, 0.29) is 17.4 Å². The van der Waals surface area contributed by atoms with Gasteiger partial charge in [0.25, 0.3) is 17.4 Å². The molecule has 0 saturated heterocycles. The number of carbonyl (C=O) groups is 2. The Balaban J connectivity index is 1.66. The van der Waals surface area contributed by atoms with Gasteiger partial charge in [0.15, 0.2) is 0 Å². The molecule has 0 bridgehead atoms. The lowest BCUT2D eigenvalue weighted by Gasteiger charge is -2.26. The van der Waals surface area contributed by atoms with Crippen molar-refractivity contribution < 1.29 is 9.59 Å². The third-order valence-electron chi connectivity index (χ3n) is 5.56. The number of fused-ring (bicyclic) bond motifs is 2. The van der Waals surface area contributed by atoms with Crippen molar-refractivity contribution in [2.45, 2.75) is 31.8 Å². The lowest BCUT2D eigenvalue weighted by Crippen LogP contribution is -2.37. The maximum absolute atomic E-state index is 13.0. The van der Waals surface area contributed by atoms with Crippen molar-refractivity contribution in [2.24, 2.45) is 0 Å². The minimum atomic E-state index is -0.570. The van der Waals surface area contributed by atoms with Crippen molar-refractivity contribution in [1.29, 1.82) is 0 Å². The van der Waals surface area contributed by atoms with Crippen molar-refractivity contribution in [1.82, 2.24) is 19.4 Å². The summed E-state index contributed by atoms with van der Waals surface area (Å²) in [7, 11) is 0. The molecular weight excluding hydrogens is 368 g/mol. The second kappa shape index (κ2) is 6.77. The smallest absolute Gasteiger partial charge is 0.262 e. The number of imide groups is 1. The first-order valence-electron chi connectivity index (χ1n) is 9.64. The number of nitrogens with zero attached hydrogens (tertiary/aromatic N) is 4. The molecule has 7 heteroatoms. The minimum Gasteiger partial charge on any atom is -0.295 e. The molecular formula is C22H18N4O3. The van der Waals surface area contributed by atoms with Gasteiger partial charge in [-0.1, -0.05) is 12.1 Å². The van der Waals surface area contributed by atoms with E-state index in [2.05, 4.69) is 4.98 Å². The van der Waals surface area contributed by atoms with Gasteiger partial charge in [-0.05, 0) is 43.5 Å². The van der Waals surface area contributed by atoms with E-state index in [1.165, 1.54) is 11.0 Å². The number of pyridine rings is 1. The highest BCUT2D eigenvalue weighted by Crippen LogP contribution is 2.35. The summed E-state index contributed by atoms with van der Waals surface area (Å²) in [5.74, 6) is -0.184. The van der Waals surface area contributed by atoms with Gasteiger partial charge in [-0.2, -0.15) is 0 Å². The van der Waals surface area contributed by atoms with Gasteiger partial charge in [-0.3, -0.25) is 28.8 Å². The molecule has 2 amide bonds. The SMILES string of the molecule is O=C1c2ccccc2C(=O)N1C1CCCCn2c1nc(-c1ccncc1)cc2=O. The Morgan fingerprint density at radius 2 is 1.59 bits per heavy atom. The molecule has 29 heavy (non-hydrogen) atoms. The van der Waals surface area contributed by atoms with E-state index in [9.17, 15) is 14.4 Å². The summed E-state index contributed by atoms with van der Waals surface area (Å²) in [5.41, 5.74) is 1.92. The average molecular weight is 386 g/mol. The molecule has 1 aromatic carbocycles. The molecule has 2 aromatic heterocycles. The van der Waals surface area contributed by atoms with Gasteiger partial charge in [0.2, 0.25) is 0 Å². The highest BCUT2D eigenvalue weighted by Gasteiger charge is 2.42. The number of amides is 2. The second-order valence-corrected chi connectivity index (χ2v) is 7.26. The average Bonchev–Trinajstić information content (AvgIpc) is 2.89. The topological polar surface area (TPSA) is 85.2 Å². The van der Waals surface area contributed by atoms with E-state index in [0.29, 0.717) is 35.6 Å². The van der Waals surface area contributed by atoms with Gasteiger partial charge in [-0.15, -0.1) is 0 Å². The molecule has 144 valence electrons. The number of aromatic nitrogens is 3. The third kappa shape index (κ3) is 2.77. The zero-order valence-electron chi connectivity index (χ0n) is 15.6. The first-order chi connectivity index (χ1) is 14.1. The maximum Gasteiger partial charge on any atom is 0.262 e. The van der Waals surface area contributed by atoms with Crippen LogP contribution in [0.2, 0.25) is 0 Å². The summed E-state index contributed by atoms with van der Waals surface area (Å²) in [4.78, 5) is 49.0. The van der Waals surface area contributed by atoms with E-state index >= 15 is 0 Å². The molecule has 2 aliphatic heterocycles. The molecule has 0 saturated carbocycles.